The SMILES string of the molecule is NC1CCN(CCOC2CCCC3C(=O)NC(=O)C23)CC1. The molecule has 2 heterocycles. The number of carbonyl (C=O) groups is 2. The number of nitrogens with two attached hydrogens (primary N) is 1. The fraction of sp³-hybridized carbons (Fsp3) is 0.867. The van der Waals surface area contributed by atoms with Crippen molar-refractivity contribution in [1.29, 1.82) is 0 Å². The predicted molar refractivity (Wildman–Crippen MR) is 77.4 cm³/mol. The summed E-state index contributed by atoms with van der Waals surface area (Å²) >= 11 is 0. The summed E-state index contributed by atoms with van der Waals surface area (Å²) in [6.07, 6.45) is 4.65. The number of hydrogen-bond donors (Lipinski definition) is 2. The Hall–Kier alpha value is -0.980. The molecule has 3 unspecified atom stereocenters. The smallest absolute Gasteiger partial charge is 0.233 e. The van der Waals surface area contributed by atoms with Crippen molar-refractivity contribution in [3.8, 4) is 0 Å². The van der Waals surface area contributed by atoms with Crippen LogP contribution in [-0.4, -0.2) is 55.1 Å². The van der Waals surface area contributed by atoms with Crippen LogP contribution in [0.15, 0.2) is 0 Å². The number of imide groups is 1. The second-order valence-electron chi connectivity index (χ2n) is 6.50. The lowest BCUT2D eigenvalue weighted by Gasteiger charge is -2.33. The van der Waals surface area contributed by atoms with Gasteiger partial charge < -0.3 is 15.4 Å². The average molecular weight is 295 g/mol. The lowest BCUT2D eigenvalue weighted by Crippen LogP contribution is -2.42. The van der Waals surface area contributed by atoms with Crippen LogP contribution in [0.4, 0.5) is 0 Å². The third-order valence-electron chi connectivity index (χ3n) is 5.10. The highest BCUT2D eigenvalue weighted by Crippen LogP contribution is 2.35. The van der Waals surface area contributed by atoms with Gasteiger partial charge in [-0.15, -0.1) is 0 Å². The van der Waals surface area contributed by atoms with E-state index in [0.717, 1.165) is 51.7 Å². The summed E-state index contributed by atoms with van der Waals surface area (Å²) in [4.78, 5) is 26.0. The molecule has 3 aliphatic rings. The summed E-state index contributed by atoms with van der Waals surface area (Å²) in [7, 11) is 0. The Balaban J connectivity index is 1.46. The van der Waals surface area contributed by atoms with E-state index in [4.69, 9.17) is 10.5 Å². The minimum Gasteiger partial charge on any atom is -0.376 e. The quantitative estimate of drug-likeness (QED) is 0.706. The zero-order valence-electron chi connectivity index (χ0n) is 12.4. The molecule has 3 rings (SSSR count). The molecule has 1 aliphatic carbocycles. The van der Waals surface area contributed by atoms with Crippen LogP contribution in [0.5, 0.6) is 0 Å². The fourth-order valence-electron chi connectivity index (χ4n) is 3.80. The van der Waals surface area contributed by atoms with E-state index in [1.165, 1.54) is 0 Å². The Morgan fingerprint density at radius 3 is 2.67 bits per heavy atom. The topological polar surface area (TPSA) is 84.7 Å². The molecule has 3 N–H and O–H groups in total. The highest BCUT2D eigenvalue weighted by Gasteiger charge is 2.48. The van der Waals surface area contributed by atoms with Crippen molar-refractivity contribution in [3.63, 3.8) is 0 Å². The minimum absolute atomic E-state index is 0.0951. The summed E-state index contributed by atoms with van der Waals surface area (Å²) in [5, 5.41) is 2.45. The van der Waals surface area contributed by atoms with Gasteiger partial charge in [0.25, 0.3) is 0 Å². The van der Waals surface area contributed by atoms with E-state index in [-0.39, 0.29) is 29.8 Å². The standard InChI is InChI=1S/C15H25N3O3/c16-10-4-6-18(7-5-10)8-9-21-12-3-1-2-11-13(12)15(20)17-14(11)19/h10-13H,1-9,16H2,(H,17,19,20). The summed E-state index contributed by atoms with van der Waals surface area (Å²) in [6.45, 7) is 3.57. The van der Waals surface area contributed by atoms with Crippen molar-refractivity contribution >= 4 is 11.8 Å². The van der Waals surface area contributed by atoms with Gasteiger partial charge in [-0.2, -0.15) is 0 Å². The van der Waals surface area contributed by atoms with Crippen molar-refractivity contribution in [1.82, 2.24) is 10.2 Å². The van der Waals surface area contributed by atoms with E-state index < -0.39 is 0 Å². The van der Waals surface area contributed by atoms with Gasteiger partial charge in [-0.25, -0.2) is 0 Å². The van der Waals surface area contributed by atoms with Gasteiger partial charge in [0.2, 0.25) is 11.8 Å². The monoisotopic (exact) mass is 295 g/mol. The highest BCUT2D eigenvalue weighted by atomic mass is 16.5. The maximum atomic E-state index is 11.9. The number of nitrogens with zero attached hydrogens (tertiary/aromatic N) is 1. The lowest BCUT2D eigenvalue weighted by molar-refractivity contribution is -0.130. The van der Waals surface area contributed by atoms with E-state index in [2.05, 4.69) is 10.2 Å². The van der Waals surface area contributed by atoms with Crippen LogP contribution in [-0.2, 0) is 14.3 Å². The number of fused-ring (bicyclic) bond motifs is 1. The number of amides is 2. The van der Waals surface area contributed by atoms with Gasteiger partial charge in [-0.05, 0) is 38.8 Å². The number of likely N-dealkylation sites (tertiary alicyclic amines) is 1. The third kappa shape index (κ3) is 3.27. The molecule has 0 radical (unpaired) electrons. The molecule has 2 aliphatic heterocycles. The van der Waals surface area contributed by atoms with Crippen molar-refractivity contribution in [2.45, 2.75) is 44.2 Å². The average Bonchev–Trinajstić information content (AvgIpc) is 2.77. The molecule has 3 atom stereocenters. The Labute approximate surface area is 125 Å². The molecule has 6 heteroatoms. The normalized spacial score (nSPS) is 34.8. The summed E-state index contributed by atoms with van der Waals surface area (Å²) in [5.41, 5.74) is 5.89. The van der Waals surface area contributed by atoms with Crippen molar-refractivity contribution < 1.29 is 14.3 Å². The molecule has 0 aromatic carbocycles. The minimum atomic E-state index is -0.263. The Morgan fingerprint density at radius 1 is 1.14 bits per heavy atom. The molecule has 2 amide bonds. The third-order valence-corrected chi connectivity index (χ3v) is 5.10. The maximum absolute atomic E-state index is 11.9. The molecule has 0 spiro atoms. The molecule has 2 saturated heterocycles. The van der Waals surface area contributed by atoms with E-state index in [1.54, 1.807) is 0 Å². The Morgan fingerprint density at radius 2 is 1.90 bits per heavy atom. The predicted octanol–water partition coefficient (Wildman–Crippen LogP) is -0.133. The van der Waals surface area contributed by atoms with Gasteiger partial charge in [0.1, 0.15) is 0 Å². The van der Waals surface area contributed by atoms with Crippen molar-refractivity contribution in [2.24, 2.45) is 17.6 Å². The van der Waals surface area contributed by atoms with Crippen LogP contribution in [0.25, 0.3) is 0 Å². The number of nitrogens with one attached hydrogen (secondary N) is 1. The van der Waals surface area contributed by atoms with E-state index in [9.17, 15) is 9.59 Å². The Bertz CT molecular complexity index is 407. The van der Waals surface area contributed by atoms with Gasteiger partial charge in [-0.3, -0.25) is 14.9 Å². The number of hydrogen-bond acceptors (Lipinski definition) is 5. The van der Waals surface area contributed by atoms with E-state index in [0.29, 0.717) is 12.6 Å². The highest BCUT2D eigenvalue weighted by molar-refractivity contribution is 6.05. The number of ether oxygens (including phenoxy) is 1. The molecule has 1 saturated carbocycles. The first-order valence-corrected chi connectivity index (χ1v) is 8.09. The molecule has 0 aromatic heterocycles. The first-order chi connectivity index (χ1) is 10.1. The molecule has 3 fully saturated rings. The largest absolute Gasteiger partial charge is 0.376 e. The molecule has 6 nitrogen and oxygen atoms in total. The van der Waals surface area contributed by atoms with Crippen LogP contribution in [0.3, 0.4) is 0 Å². The lowest BCUT2D eigenvalue weighted by atomic mass is 9.79. The summed E-state index contributed by atoms with van der Waals surface area (Å²) < 4.78 is 5.96. The second-order valence-corrected chi connectivity index (χ2v) is 6.50. The number of rotatable bonds is 4. The second kappa shape index (κ2) is 6.42. The fourth-order valence-corrected chi connectivity index (χ4v) is 3.80. The van der Waals surface area contributed by atoms with Gasteiger partial charge in [0, 0.05) is 12.6 Å². The molecule has 0 bridgehead atoms. The zero-order chi connectivity index (χ0) is 14.8. The van der Waals surface area contributed by atoms with Crippen LogP contribution < -0.4 is 11.1 Å². The summed E-state index contributed by atoms with van der Waals surface area (Å²) in [6, 6.07) is 0.342. The van der Waals surface area contributed by atoms with Gasteiger partial charge >= 0.3 is 0 Å². The molecular formula is C15H25N3O3. The van der Waals surface area contributed by atoms with Crippen molar-refractivity contribution in [2.75, 3.05) is 26.2 Å². The first-order valence-electron chi connectivity index (χ1n) is 8.09. The van der Waals surface area contributed by atoms with Crippen molar-refractivity contribution in [3.05, 3.63) is 0 Å². The van der Waals surface area contributed by atoms with E-state index in [1.807, 2.05) is 0 Å². The molecule has 0 aromatic rings. The van der Waals surface area contributed by atoms with Crippen LogP contribution >= 0.6 is 0 Å². The number of piperidine rings is 1. The van der Waals surface area contributed by atoms with Crippen LogP contribution in [0.2, 0.25) is 0 Å². The van der Waals surface area contributed by atoms with Crippen LogP contribution in [0, 0.1) is 11.8 Å². The molecular weight excluding hydrogens is 270 g/mol. The van der Waals surface area contributed by atoms with Crippen LogP contribution in [0.1, 0.15) is 32.1 Å². The Kier molecular flexibility index (Phi) is 4.57. The van der Waals surface area contributed by atoms with Gasteiger partial charge in [-0.1, -0.05) is 6.42 Å². The first kappa shape index (κ1) is 14.9. The van der Waals surface area contributed by atoms with Gasteiger partial charge in [0.15, 0.2) is 0 Å². The van der Waals surface area contributed by atoms with Gasteiger partial charge in [0.05, 0.1) is 24.5 Å². The number of carbonyl (C=O) groups excluding carboxylic acids is 2. The van der Waals surface area contributed by atoms with E-state index >= 15 is 0 Å². The molecule has 21 heavy (non-hydrogen) atoms. The molecule has 118 valence electrons. The zero-order valence-corrected chi connectivity index (χ0v) is 12.4. The summed E-state index contributed by atoms with van der Waals surface area (Å²) in [5.74, 6) is -0.674. The maximum Gasteiger partial charge on any atom is 0.233 e.